The maximum absolute atomic E-state index is 10.3. The molecule has 0 fully saturated rings. The van der Waals surface area contributed by atoms with Gasteiger partial charge in [-0.05, 0) is 0 Å². The van der Waals surface area contributed by atoms with Crippen LogP contribution < -0.4 is 14.2 Å². The van der Waals surface area contributed by atoms with Gasteiger partial charge in [0.2, 0.25) is 11.8 Å². The summed E-state index contributed by atoms with van der Waals surface area (Å²) in [6, 6.07) is 11.1. The van der Waals surface area contributed by atoms with Gasteiger partial charge in [-0.25, -0.2) is 0 Å². The van der Waals surface area contributed by atoms with Crippen molar-refractivity contribution in [2.24, 2.45) is 0 Å². The molecule has 0 radical (unpaired) electrons. The lowest BCUT2D eigenvalue weighted by Gasteiger charge is -2.20. The van der Waals surface area contributed by atoms with Gasteiger partial charge in [0.1, 0.15) is 6.07 Å². The van der Waals surface area contributed by atoms with E-state index < -0.39 is 5.79 Å². The van der Waals surface area contributed by atoms with Gasteiger partial charge in [-0.2, -0.15) is 15.2 Å². The van der Waals surface area contributed by atoms with E-state index in [1.807, 2.05) is 0 Å². The molecule has 0 aliphatic rings. The number of nitriles is 1. The Bertz CT molecular complexity index is 635. The Morgan fingerprint density at radius 1 is 1.10 bits per heavy atom. The van der Waals surface area contributed by atoms with Gasteiger partial charge in [0.15, 0.2) is 0 Å². The summed E-state index contributed by atoms with van der Waals surface area (Å²) in [6.45, 7) is 0. The topological polar surface area (TPSA) is 97.5 Å². The molecular weight excluding hydrogens is 274 g/mol. The lowest BCUT2D eigenvalue weighted by atomic mass is 10.1. The highest BCUT2D eigenvalue weighted by molar-refractivity contribution is 5.28. The maximum Gasteiger partial charge on any atom is 0.328 e. The molecule has 0 saturated carbocycles. The second-order valence-corrected chi connectivity index (χ2v) is 3.96. The summed E-state index contributed by atoms with van der Waals surface area (Å²) in [5.41, 5.74) is 0.262. The van der Waals surface area contributed by atoms with Crippen molar-refractivity contribution in [3.8, 4) is 23.8 Å². The molecule has 7 heteroatoms. The first-order valence-electron chi connectivity index (χ1n) is 5.96. The monoisotopic (exact) mass is 287 g/mol. The van der Waals surface area contributed by atoms with E-state index in [1.54, 1.807) is 36.4 Å². The van der Waals surface area contributed by atoms with Crippen LogP contribution in [-0.4, -0.2) is 29.3 Å². The highest BCUT2D eigenvalue weighted by Gasteiger charge is 2.33. The van der Waals surface area contributed by atoms with Crippen LogP contribution in [0.2, 0.25) is 0 Å². The first-order valence-corrected chi connectivity index (χ1v) is 5.96. The zero-order chi connectivity index (χ0) is 15.3. The summed E-state index contributed by atoms with van der Waals surface area (Å²) < 4.78 is 15.2. The minimum Gasteiger partial charge on any atom is -0.481 e. The number of hydrogen-bond donors (Lipinski definition) is 1. The summed E-state index contributed by atoms with van der Waals surface area (Å²) in [5, 5.41) is 19.5. The molecule has 7 nitrogen and oxygen atoms in total. The van der Waals surface area contributed by atoms with E-state index in [-0.39, 0.29) is 23.3 Å². The Morgan fingerprint density at radius 2 is 1.67 bits per heavy atom. The number of aliphatic hydroxyl groups is 1. The fraction of sp³-hybridized carbons (Fsp3) is 0.214. The van der Waals surface area contributed by atoms with E-state index in [0.717, 1.165) is 0 Å². The first kappa shape index (κ1) is 14.6. The molecule has 1 N–H and O–H groups in total. The lowest BCUT2D eigenvalue weighted by Crippen LogP contribution is -2.31. The van der Waals surface area contributed by atoms with Crippen LogP contribution in [-0.2, 0) is 5.79 Å². The van der Waals surface area contributed by atoms with E-state index in [4.69, 9.17) is 14.2 Å². The van der Waals surface area contributed by atoms with Crippen molar-refractivity contribution in [3.63, 3.8) is 0 Å². The van der Waals surface area contributed by atoms with E-state index in [2.05, 4.69) is 9.97 Å². The molecule has 1 heterocycles. The lowest BCUT2D eigenvalue weighted by molar-refractivity contribution is -0.0997. The summed E-state index contributed by atoms with van der Waals surface area (Å²) in [4.78, 5) is 7.82. The van der Waals surface area contributed by atoms with Crippen LogP contribution >= 0.6 is 0 Å². The zero-order valence-electron chi connectivity index (χ0n) is 11.5. The van der Waals surface area contributed by atoms with Gasteiger partial charge in [-0.15, -0.1) is 0 Å². The normalized spacial score (nSPS) is 12.9. The fourth-order valence-corrected chi connectivity index (χ4v) is 1.58. The number of benzene rings is 1. The number of rotatable bonds is 5. The molecule has 0 aliphatic heterocycles. The second-order valence-electron chi connectivity index (χ2n) is 3.96. The largest absolute Gasteiger partial charge is 0.481 e. The Morgan fingerprint density at radius 3 is 2.14 bits per heavy atom. The Balaban J connectivity index is 2.37. The summed E-state index contributed by atoms with van der Waals surface area (Å²) in [6.07, 6.45) is 0. The third-order valence-corrected chi connectivity index (χ3v) is 2.63. The molecular formula is C14H13N3O4. The molecule has 0 aliphatic carbocycles. The molecule has 108 valence electrons. The quantitative estimate of drug-likeness (QED) is 0.652. The van der Waals surface area contributed by atoms with E-state index in [1.165, 1.54) is 20.3 Å². The van der Waals surface area contributed by atoms with E-state index >= 15 is 0 Å². The highest BCUT2D eigenvalue weighted by atomic mass is 16.6. The number of hydrogen-bond acceptors (Lipinski definition) is 7. The Hall–Kier alpha value is -2.85. The number of aromatic nitrogens is 2. The molecule has 0 amide bonds. The third-order valence-electron chi connectivity index (χ3n) is 2.63. The predicted molar refractivity (Wildman–Crippen MR) is 71.7 cm³/mol. The van der Waals surface area contributed by atoms with Gasteiger partial charge in [-0.1, -0.05) is 30.3 Å². The zero-order valence-corrected chi connectivity index (χ0v) is 11.5. The van der Waals surface area contributed by atoms with Crippen LogP contribution in [0.3, 0.4) is 0 Å². The van der Waals surface area contributed by atoms with Crippen molar-refractivity contribution in [2.75, 3.05) is 14.2 Å². The number of methoxy groups -OCH3 is 2. The van der Waals surface area contributed by atoms with Crippen molar-refractivity contribution < 1.29 is 19.3 Å². The van der Waals surface area contributed by atoms with Crippen LogP contribution in [0.15, 0.2) is 36.4 Å². The molecule has 0 saturated heterocycles. The minimum absolute atomic E-state index is 0.185. The minimum atomic E-state index is -2.21. The van der Waals surface area contributed by atoms with Gasteiger partial charge >= 0.3 is 11.8 Å². The van der Waals surface area contributed by atoms with Crippen LogP contribution in [0, 0.1) is 11.3 Å². The van der Waals surface area contributed by atoms with Gasteiger partial charge in [-0.3, -0.25) is 0 Å². The van der Waals surface area contributed by atoms with Gasteiger partial charge in [0.05, 0.1) is 20.3 Å². The van der Waals surface area contributed by atoms with Crippen LogP contribution in [0.1, 0.15) is 5.56 Å². The summed E-state index contributed by atoms with van der Waals surface area (Å²) in [7, 11) is 2.83. The molecule has 1 atom stereocenters. The van der Waals surface area contributed by atoms with E-state index in [9.17, 15) is 10.4 Å². The molecule has 1 unspecified atom stereocenters. The SMILES string of the molecule is COc1cc(OC)nc(OC(O)(C#N)c2ccccc2)n1. The summed E-state index contributed by atoms with van der Waals surface area (Å²) >= 11 is 0. The van der Waals surface area contributed by atoms with E-state index in [0.29, 0.717) is 0 Å². The van der Waals surface area contributed by atoms with Crippen molar-refractivity contribution in [1.29, 1.82) is 5.26 Å². The van der Waals surface area contributed by atoms with Gasteiger partial charge in [0, 0.05) is 5.56 Å². The molecule has 0 bridgehead atoms. The van der Waals surface area contributed by atoms with Crippen LogP contribution in [0.25, 0.3) is 0 Å². The average Bonchev–Trinajstić information content (AvgIpc) is 2.55. The summed E-state index contributed by atoms with van der Waals surface area (Å²) in [5.74, 6) is -1.84. The van der Waals surface area contributed by atoms with Crippen molar-refractivity contribution in [1.82, 2.24) is 9.97 Å². The molecule has 2 aromatic rings. The van der Waals surface area contributed by atoms with Gasteiger partial charge in [0.25, 0.3) is 0 Å². The number of ether oxygens (including phenoxy) is 3. The third kappa shape index (κ3) is 3.19. The van der Waals surface area contributed by atoms with Crippen LogP contribution in [0.5, 0.6) is 17.8 Å². The standard InChI is InChI=1S/C14H13N3O4/c1-19-11-8-12(20-2)17-13(16-11)21-14(18,9-15)10-6-4-3-5-7-10/h3-8,18H,1-2H3. The fourth-order valence-electron chi connectivity index (χ4n) is 1.58. The molecule has 1 aromatic carbocycles. The van der Waals surface area contributed by atoms with Crippen molar-refractivity contribution >= 4 is 0 Å². The molecule has 1 aromatic heterocycles. The maximum atomic E-state index is 10.3. The Labute approximate surface area is 121 Å². The predicted octanol–water partition coefficient (Wildman–Crippen LogP) is 1.24. The molecule has 2 rings (SSSR count). The second kappa shape index (κ2) is 6.07. The smallest absolute Gasteiger partial charge is 0.328 e. The van der Waals surface area contributed by atoms with Crippen LogP contribution in [0.4, 0.5) is 0 Å². The van der Waals surface area contributed by atoms with Crippen molar-refractivity contribution in [2.45, 2.75) is 5.79 Å². The molecule has 0 spiro atoms. The molecule has 21 heavy (non-hydrogen) atoms. The Kier molecular flexibility index (Phi) is 4.21. The average molecular weight is 287 g/mol. The van der Waals surface area contributed by atoms with Crippen molar-refractivity contribution in [3.05, 3.63) is 42.0 Å². The highest BCUT2D eigenvalue weighted by Crippen LogP contribution is 2.26. The number of nitrogens with zero attached hydrogens (tertiary/aromatic N) is 3. The van der Waals surface area contributed by atoms with Gasteiger partial charge < -0.3 is 19.3 Å². The first-order chi connectivity index (χ1) is 10.1.